The fourth-order valence-corrected chi connectivity index (χ4v) is 4.00. The predicted molar refractivity (Wildman–Crippen MR) is 117 cm³/mol. The van der Waals surface area contributed by atoms with Gasteiger partial charge in [0.15, 0.2) is 0 Å². The Bertz CT molecular complexity index is 1040. The van der Waals surface area contributed by atoms with Gasteiger partial charge < -0.3 is 10.1 Å². The number of benzene rings is 1. The predicted octanol–water partition coefficient (Wildman–Crippen LogP) is 4.42. The minimum atomic E-state index is 0.000885. The number of nitriles is 1. The van der Waals surface area contributed by atoms with Crippen LogP contribution in [0.2, 0.25) is 0 Å². The summed E-state index contributed by atoms with van der Waals surface area (Å²) in [5.41, 5.74) is 3.24. The quantitative estimate of drug-likeness (QED) is 0.518. The average Bonchev–Trinajstić information content (AvgIpc) is 3.11. The topological polar surface area (TPSA) is 87.9 Å². The Hall–Kier alpha value is -3.24. The number of nitrogens with zero attached hydrogens (tertiary/aromatic N) is 3. The van der Waals surface area contributed by atoms with E-state index in [1.165, 1.54) is 11.8 Å². The summed E-state index contributed by atoms with van der Waals surface area (Å²) in [7, 11) is 0. The molecule has 0 aliphatic carbocycles. The standard InChI is InChI=1S/C23H24N4O2S/c1-16-21(10-6-7-12-25-17(2)28)27-22(30-16)15-29-23-20(14-24)19(11-13-26-23)18-8-4-3-5-9-18/h3-5,8-9,11,13H,6-7,10,12,15H2,1-2H3,(H,25,28). The summed E-state index contributed by atoms with van der Waals surface area (Å²) in [5, 5.41) is 13.3. The van der Waals surface area contributed by atoms with Crippen molar-refractivity contribution in [3.8, 4) is 23.1 Å². The van der Waals surface area contributed by atoms with Crippen molar-refractivity contribution in [3.05, 3.63) is 63.7 Å². The molecule has 0 bridgehead atoms. The number of unbranched alkanes of at least 4 members (excludes halogenated alkanes) is 1. The zero-order chi connectivity index (χ0) is 21.3. The number of rotatable bonds is 9. The van der Waals surface area contributed by atoms with Crippen LogP contribution in [0.5, 0.6) is 5.88 Å². The number of thiazole rings is 1. The minimum Gasteiger partial charge on any atom is -0.469 e. The molecule has 3 aromatic rings. The summed E-state index contributed by atoms with van der Waals surface area (Å²) in [4.78, 5) is 21.0. The second kappa shape index (κ2) is 10.5. The van der Waals surface area contributed by atoms with E-state index in [0.29, 0.717) is 18.0 Å². The van der Waals surface area contributed by atoms with Gasteiger partial charge in [0.2, 0.25) is 11.8 Å². The first-order valence-corrected chi connectivity index (χ1v) is 10.7. The third-order valence-electron chi connectivity index (χ3n) is 4.60. The second-order valence-electron chi connectivity index (χ2n) is 6.86. The lowest BCUT2D eigenvalue weighted by Crippen LogP contribution is -2.20. The smallest absolute Gasteiger partial charge is 0.232 e. The maximum absolute atomic E-state index is 10.9. The van der Waals surface area contributed by atoms with Gasteiger partial charge in [0.25, 0.3) is 0 Å². The van der Waals surface area contributed by atoms with Crippen molar-refractivity contribution in [2.45, 2.75) is 39.7 Å². The van der Waals surface area contributed by atoms with E-state index >= 15 is 0 Å². The van der Waals surface area contributed by atoms with Gasteiger partial charge in [-0.05, 0) is 37.8 Å². The van der Waals surface area contributed by atoms with Crippen LogP contribution in [0.3, 0.4) is 0 Å². The van der Waals surface area contributed by atoms with Crippen LogP contribution in [-0.2, 0) is 17.8 Å². The van der Waals surface area contributed by atoms with Gasteiger partial charge in [0.05, 0.1) is 5.69 Å². The third-order valence-corrected chi connectivity index (χ3v) is 5.58. The van der Waals surface area contributed by atoms with E-state index in [1.54, 1.807) is 17.5 Å². The van der Waals surface area contributed by atoms with Crippen molar-refractivity contribution in [1.82, 2.24) is 15.3 Å². The lowest BCUT2D eigenvalue weighted by molar-refractivity contribution is -0.118. The van der Waals surface area contributed by atoms with Crippen molar-refractivity contribution in [2.24, 2.45) is 0 Å². The summed E-state index contributed by atoms with van der Waals surface area (Å²) in [6.07, 6.45) is 4.41. The Labute approximate surface area is 180 Å². The monoisotopic (exact) mass is 420 g/mol. The molecule has 1 N–H and O–H groups in total. The Kier molecular flexibility index (Phi) is 7.52. The summed E-state index contributed by atoms with van der Waals surface area (Å²) >= 11 is 1.60. The molecule has 0 saturated heterocycles. The Balaban J connectivity index is 1.64. The zero-order valence-corrected chi connectivity index (χ0v) is 18.0. The van der Waals surface area contributed by atoms with E-state index in [-0.39, 0.29) is 12.5 Å². The third kappa shape index (κ3) is 5.65. The van der Waals surface area contributed by atoms with Crippen LogP contribution < -0.4 is 10.1 Å². The van der Waals surface area contributed by atoms with Crippen LogP contribution in [0.1, 0.15) is 40.9 Å². The maximum atomic E-state index is 10.9. The molecule has 1 amide bonds. The van der Waals surface area contributed by atoms with Crippen molar-refractivity contribution in [3.63, 3.8) is 0 Å². The van der Waals surface area contributed by atoms with Gasteiger partial charge in [-0.1, -0.05) is 30.3 Å². The SMILES string of the molecule is CC(=O)NCCCCc1nc(COc2nccc(-c3ccccc3)c2C#N)sc1C. The summed E-state index contributed by atoms with van der Waals surface area (Å²) in [5.74, 6) is 0.324. The van der Waals surface area contributed by atoms with E-state index in [9.17, 15) is 10.1 Å². The molecule has 0 saturated carbocycles. The van der Waals surface area contributed by atoms with Crippen molar-refractivity contribution >= 4 is 17.2 Å². The highest BCUT2D eigenvalue weighted by Gasteiger charge is 2.14. The van der Waals surface area contributed by atoms with Gasteiger partial charge in [0.1, 0.15) is 23.2 Å². The molecule has 3 rings (SSSR count). The van der Waals surface area contributed by atoms with Gasteiger partial charge in [0, 0.05) is 30.1 Å². The lowest BCUT2D eigenvalue weighted by Gasteiger charge is -2.09. The number of nitrogens with one attached hydrogen (secondary N) is 1. The van der Waals surface area contributed by atoms with E-state index < -0.39 is 0 Å². The van der Waals surface area contributed by atoms with E-state index in [4.69, 9.17) is 4.74 Å². The maximum Gasteiger partial charge on any atom is 0.232 e. The van der Waals surface area contributed by atoms with Crippen LogP contribution >= 0.6 is 11.3 Å². The Morgan fingerprint density at radius 1 is 1.23 bits per heavy atom. The van der Waals surface area contributed by atoms with Crippen LogP contribution in [0.15, 0.2) is 42.6 Å². The van der Waals surface area contributed by atoms with Gasteiger partial charge >= 0.3 is 0 Å². The molecule has 0 fully saturated rings. The highest BCUT2D eigenvalue weighted by molar-refractivity contribution is 7.11. The minimum absolute atomic E-state index is 0.000885. The fraction of sp³-hybridized carbons (Fsp3) is 0.304. The van der Waals surface area contributed by atoms with Gasteiger partial charge in [-0.25, -0.2) is 9.97 Å². The van der Waals surface area contributed by atoms with Gasteiger partial charge in [-0.15, -0.1) is 11.3 Å². The van der Waals surface area contributed by atoms with E-state index in [2.05, 4.69) is 28.3 Å². The van der Waals surface area contributed by atoms with E-state index in [1.807, 2.05) is 36.4 Å². The molecule has 0 atom stereocenters. The van der Waals surface area contributed by atoms with Crippen LogP contribution in [0.25, 0.3) is 11.1 Å². The lowest BCUT2D eigenvalue weighted by atomic mass is 10.0. The molecule has 2 aromatic heterocycles. The normalized spacial score (nSPS) is 10.4. The molecule has 0 spiro atoms. The zero-order valence-electron chi connectivity index (χ0n) is 17.1. The molecule has 0 radical (unpaired) electrons. The van der Waals surface area contributed by atoms with Crippen molar-refractivity contribution in [1.29, 1.82) is 5.26 Å². The second-order valence-corrected chi connectivity index (χ2v) is 8.14. The molecule has 0 aliphatic rings. The molecule has 0 unspecified atom stereocenters. The number of carbonyl (C=O) groups is 1. The number of amides is 1. The highest BCUT2D eigenvalue weighted by Crippen LogP contribution is 2.29. The first-order valence-electron chi connectivity index (χ1n) is 9.85. The molecular weight excluding hydrogens is 396 g/mol. The fourth-order valence-electron chi connectivity index (χ4n) is 3.11. The first-order chi connectivity index (χ1) is 14.6. The number of aromatic nitrogens is 2. The van der Waals surface area contributed by atoms with E-state index in [0.717, 1.165) is 41.1 Å². The summed E-state index contributed by atoms with van der Waals surface area (Å²) in [6.45, 7) is 4.55. The van der Waals surface area contributed by atoms with Gasteiger partial charge in [-0.2, -0.15) is 5.26 Å². The Morgan fingerprint density at radius 2 is 2.03 bits per heavy atom. The molecular formula is C23H24N4O2S. The van der Waals surface area contributed by atoms with Crippen LogP contribution in [0, 0.1) is 18.3 Å². The van der Waals surface area contributed by atoms with Crippen molar-refractivity contribution in [2.75, 3.05) is 6.54 Å². The molecule has 0 aliphatic heterocycles. The van der Waals surface area contributed by atoms with Crippen LogP contribution in [0.4, 0.5) is 0 Å². The number of hydrogen-bond acceptors (Lipinski definition) is 6. The number of hydrogen-bond donors (Lipinski definition) is 1. The average molecular weight is 421 g/mol. The van der Waals surface area contributed by atoms with Crippen molar-refractivity contribution < 1.29 is 9.53 Å². The number of ether oxygens (including phenoxy) is 1. The molecule has 1 aromatic carbocycles. The number of aryl methyl sites for hydroxylation is 2. The molecule has 154 valence electrons. The summed E-state index contributed by atoms with van der Waals surface area (Å²) in [6, 6.07) is 13.8. The Morgan fingerprint density at radius 3 is 2.77 bits per heavy atom. The number of pyridine rings is 1. The number of carbonyl (C=O) groups excluding carboxylic acids is 1. The molecule has 7 heteroatoms. The highest BCUT2D eigenvalue weighted by atomic mass is 32.1. The molecule has 6 nitrogen and oxygen atoms in total. The molecule has 30 heavy (non-hydrogen) atoms. The largest absolute Gasteiger partial charge is 0.469 e. The van der Waals surface area contributed by atoms with Gasteiger partial charge in [-0.3, -0.25) is 4.79 Å². The molecule has 2 heterocycles. The first kappa shape index (κ1) is 21.5. The van der Waals surface area contributed by atoms with Crippen LogP contribution in [-0.4, -0.2) is 22.4 Å². The summed E-state index contributed by atoms with van der Waals surface area (Å²) < 4.78 is 5.88.